The number of aromatic nitrogens is 1. The van der Waals surface area contributed by atoms with Crippen LogP contribution in [0.25, 0.3) is 6.08 Å². The topological polar surface area (TPSA) is 97.6 Å². The van der Waals surface area contributed by atoms with Crippen LogP contribution in [0.4, 0.5) is 0 Å². The first kappa shape index (κ1) is 33.6. The van der Waals surface area contributed by atoms with E-state index < -0.39 is 12.0 Å². The molecule has 0 N–H and O–H groups in total. The predicted molar refractivity (Wildman–Crippen MR) is 181 cm³/mol. The number of esters is 1. The summed E-state index contributed by atoms with van der Waals surface area (Å²) >= 11 is 17.0. The minimum atomic E-state index is -0.830. The molecule has 1 aliphatic heterocycles. The summed E-state index contributed by atoms with van der Waals surface area (Å²) in [5.74, 6) is 1.32. The molecule has 0 saturated heterocycles. The molecule has 1 aromatic heterocycles. The van der Waals surface area contributed by atoms with Gasteiger partial charge in [-0.1, -0.05) is 62.6 Å². The van der Waals surface area contributed by atoms with Crippen molar-refractivity contribution in [3.63, 3.8) is 0 Å². The number of carbonyl (C=O) groups excluding carboxylic acids is 1. The minimum Gasteiger partial charge on any atom is -0.493 e. The van der Waals surface area contributed by atoms with Crippen molar-refractivity contribution in [3.8, 4) is 23.0 Å². The van der Waals surface area contributed by atoms with Crippen molar-refractivity contribution in [2.24, 2.45) is 4.99 Å². The van der Waals surface area contributed by atoms with Gasteiger partial charge >= 0.3 is 5.97 Å². The summed E-state index contributed by atoms with van der Waals surface area (Å²) in [4.78, 5) is 32.0. The Bertz CT molecular complexity index is 2010. The maximum Gasteiger partial charge on any atom is 0.337 e. The second-order valence-electron chi connectivity index (χ2n) is 9.81. The van der Waals surface area contributed by atoms with Crippen LogP contribution < -0.4 is 33.8 Å². The first-order chi connectivity index (χ1) is 22.2. The highest BCUT2D eigenvalue weighted by atomic mass is 79.9. The predicted octanol–water partition coefficient (Wildman–Crippen LogP) is 6.47. The largest absolute Gasteiger partial charge is 0.493 e. The number of carbonyl (C=O) groups is 1. The second kappa shape index (κ2) is 14.8. The number of nitrogens with zero attached hydrogens (tertiary/aromatic N) is 2. The second-order valence-corrected chi connectivity index (χ2v) is 12.6. The molecule has 0 amide bonds. The van der Waals surface area contributed by atoms with Crippen LogP contribution in [0.2, 0.25) is 10.0 Å². The molecule has 13 heteroatoms. The highest BCUT2D eigenvalue weighted by Crippen LogP contribution is 2.37. The molecule has 5 rings (SSSR count). The third-order valence-corrected chi connectivity index (χ3v) is 9.12. The smallest absolute Gasteiger partial charge is 0.337 e. The molecule has 9 nitrogen and oxygen atoms in total. The Morgan fingerprint density at radius 3 is 2.43 bits per heavy atom. The minimum absolute atomic E-state index is 0.166. The Kier molecular flexibility index (Phi) is 10.8. The number of methoxy groups -OCH3 is 2. The molecule has 4 aromatic rings. The van der Waals surface area contributed by atoms with E-state index in [1.807, 2.05) is 26.0 Å². The zero-order chi connectivity index (χ0) is 33.0. The van der Waals surface area contributed by atoms with Crippen molar-refractivity contribution in [2.45, 2.75) is 26.5 Å². The van der Waals surface area contributed by atoms with Crippen molar-refractivity contribution < 1.29 is 28.5 Å². The Morgan fingerprint density at radius 1 is 0.978 bits per heavy atom. The molecular weight excluding hydrogens is 719 g/mol. The lowest BCUT2D eigenvalue weighted by atomic mass is 9.97. The van der Waals surface area contributed by atoms with Crippen molar-refractivity contribution in [1.82, 2.24) is 4.57 Å². The number of thiazole rings is 1. The van der Waals surface area contributed by atoms with Gasteiger partial charge in [0, 0.05) is 16.2 Å². The fraction of sp³-hybridized carbons (Fsp3) is 0.242. The molecule has 3 aromatic carbocycles. The average Bonchev–Trinajstić information content (AvgIpc) is 3.36. The van der Waals surface area contributed by atoms with Gasteiger partial charge in [0.15, 0.2) is 27.8 Å². The van der Waals surface area contributed by atoms with E-state index in [4.69, 9.17) is 46.9 Å². The standard InChI is InChI=1S/C33H29BrCl2N2O7S/c1-5-43-25-10-8-19(13-26(25)44-6-2)29-22(32(40)42-4)16-37-33-38(29)31(39)28(46-33)14-20-12-21(34)15-27(41-3)30(20)45-17-18-7-9-23(35)24(36)11-18/h7-16,29H,5-6,17H2,1-4H3/b28-14+/t29-/m0/s1. The van der Waals surface area contributed by atoms with Gasteiger partial charge in [-0.05, 0) is 67.4 Å². The van der Waals surface area contributed by atoms with Crippen LogP contribution in [-0.4, -0.2) is 38.0 Å². The molecule has 0 aliphatic carbocycles. The molecule has 1 aliphatic rings. The van der Waals surface area contributed by atoms with Crippen LogP contribution in [0.3, 0.4) is 0 Å². The van der Waals surface area contributed by atoms with Crippen LogP contribution in [-0.2, 0) is 16.1 Å². The molecule has 0 spiro atoms. The summed E-state index contributed by atoms with van der Waals surface area (Å²) in [7, 11) is 2.82. The first-order valence-corrected chi connectivity index (χ1v) is 16.5. The summed E-state index contributed by atoms with van der Waals surface area (Å²) in [6.07, 6.45) is 3.15. The highest BCUT2D eigenvalue weighted by Gasteiger charge is 2.31. The van der Waals surface area contributed by atoms with Crippen LogP contribution in [0.5, 0.6) is 23.0 Å². The molecule has 0 saturated carbocycles. The van der Waals surface area contributed by atoms with E-state index in [-0.39, 0.29) is 17.7 Å². The third kappa shape index (κ3) is 6.97. The number of halogens is 3. The van der Waals surface area contributed by atoms with Crippen molar-refractivity contribution >= 4 is 62.5 Å². The summed E-state index contributed by atoms with van der Waals surface area (Å²) in [6.45, 7) is 4.76. The Balaban J connectivity index is 1.64. The number of benzene rings is 3. The SMILES string of the molecule is CCOc1ccc([C@H]2C(C(=O)OC)=CN=c3s/c(=C/c4cc(Br)cc(OC)c4OCc4ccc(Cl)c(Cl)c4)c(=O)n32)cc1OCC. The average molecular weight is 748 g/mol. The van der Waals surface area contributed by atoms with Gasteiger partial charge in [0.25, 0.3) is 5.56 Å². The molecule has 0 unspecified atom stereocenters. The van der Waals surface area contributed by atoms with Gasteiger partial charge in [-0.3, -0.25) is 9.36 Å². The molecule has 0 bridgehead atoms. The molecule has 0 fully saturated rings. The fourth-order valence-corrected chi connectivity index (χ4v) is 6.65. The van der Waals surface area contributed by atoms with Gasteiger partial charge in [0.2, 0.25) is 0 Å². The molecule has 2 heterocycles. The van der Waals surface area contributed by atoms with E-state index in [1.54, 1.807) is 42.5 Å². The molecule has 0 radical (unpaired) electrons. The number of fused-ring (bicyclic) bond motifs is 1. The number of rotatable bonds is 11. The zero-order valence-electron chi connectivity index (χ0n) is 25.3. The van der Waals surface area contributed by atoms with E-state index in [0.717, 1.165) is 5.56 Å². The van der Waals surface area contributed by atoms with Gasteiger partial charge in [0.05, 0.1) is 53.6 Å². The van der Waals surface area contributed by atoms with Crippen molar-refractivity contribution in [2.75, 3.05) is 27.4 Å². The highest BCUT2D eigenvalue weighted by molar-refractivity contribution is 9.10. The Hall–Kier alpha value is -3.77. The van der Waals surface area contributed by atoms with Gasteiger partial charge < -0.3 is 23.7 Å². The number of ether oxygens (including phenoxy) is 5. The lowest BCUT2D eigenvalue weighted by Crippen LogP contribution is -2.39. The lowest BCUT2D eigenvalue weighted by molar-refractivity contribution is -0.136. The third-order valence-electron chi connectivity index (χ3n) is 6.93. The van der Waals surface area contributed by atoms with Gasteiger partial charge in [-0.15, -0.1) is 0 Å². The molecule has 1 atom stereocenters. The van der Waals surface area contributed by atoms with Crippen molar-refractivity contribution in [3.05, 3.63) is 111 Å². The van der Waals surface area contributed by atoms with Crippen LogP contribution in [0.1, 0.15) is 36.6 Å². The first-order valence-electron chi connectivity index (χ1n) is 14.1. The summed E-state index contributed by atoms with van der Waals surface area (Å²) < 4.78 is 31.1. The van der Waals surface area contributed by atoms with Crippen LogP contribution in [0.15, 0.2) is 74.6 Å². The monoisotopic (exact) mass is 746 g/mol. The normalized spacial score (nSPS) is 14.2. The van der Waals surface area contributed by atoms with Crippen LogP contribution in [0, 0.1) is 0 Å². The quantitative estimate of drug-likeness (QED) is 0.162. The van der Waals surface area contributed by atoms with E-state index in [1.165, 1.54) is 36.3 Å². The summed E-state index contributed by atoms with van der Waals surface area (Å²) in [5.41, 5.74) is 1.84. The van der Waals surface area contributed by atoms with E-state index in [0.29, 0.717) is 71.2 Å². The molecular formula is C33H29BrCl2N2O7S. The zero-order valence-corrected chi connectivity index (χ0v) is 29.2. The Morgan fingerprint density at radius 2 is 1.74 bits per heavy atom. The lowest BCUT2D eigenvalue weighted by Gasteiger charge is -2.23. The Labute approximate surface area is 287 Å². The maximum absolute atomic E-state index is 14.2. The van der Waals surface area contributed by atoms with E-state index >= 15 is 0 Å². The van der Waals surface area contributed by atoms with Crippen molar-refractivity contribution in [1.29, 1.82) is 0 Å². The van der Waals surface area contributed by atoms with E-state index in [9.17, 15) is 9.59 Å². The molecule has 46 heavy (non-hydrogen) atoms. The van der Waals surface area contributed by atoms with Gasteiger partial charge in [-0.2, -0.15) is 0 Å². The summed E-state index contributed by atoms with van der Waals surface area (Å²) in [6, 6.07) is 13.3. The number of hydrogen-bond acceptors (Lipinski definition) is 9. The number of hydrogen-bond donors (Lipinski definition) is 0. The van der Waals surface area contributed by atoms with Gasteiger partial charge in [0.1, 0.15) is 6.61 Å². The summed E-state index contributed by atoms with van der Waals surface area (Å²) in [5, 5.41) is 0.851. The van der Waals surface area contributed by atoms with Gasteiger partial charge in [-0.25, -0.2) is 9.79 Å². The maximum atomic E-state index is 14.2. The van der Waals surface area contributed by atoms with Crippen LogP contribution >= 0.6 is 50.5 Å². The fourth-order valence-electron chi connectivity index (χ4n) is 4.92. The molecule has 240 valence electrons. The van der Waals surface area contributed by atoms with E-state index in [2.05, 4.69) is 20.9 Å².